The number of hydrogen-bond acceptors (Lipinski definition) is 2. The predicted molar refractivity (Wildman–Crippen MR) is 44.4 cm³/mol. The van der Waals surface area contributed by atoms with Gasteiger partial charge in [-0.25, -0.2) is 0 Å². The van der Waals surface area contributed by atoms with Crippen LogP contribution in [0.1, 0.15) is 27.7 Å². The topological polar surface area (TPSA) is 46.5 Å². The van der Waals surface area contributed by atoms with Crippen molar-refractivity contribution in [3.63, 3.8) is 0 Å². The fourth-order valence-electron chi connectivity index (χ4n) is 0.426. The SMILES string of the molecule is CC(CO[P+](=O)O)C(C)(C)C. The average molecular weight is 179 g/mol. The van der Waals surface area contributed by atoms with Gasteiger partial charge in [-0.05, 0) is 11.3 Å². The first-order valence-electron chi connectivity index (χ1n) is 3.63. The second-order valence-corrected chi connectivity index (χ2v) is 4.53. The minimum absolute atomic E-state index is 0.130. The van der Waals surface area contributed by atoms with Crippen LogP contribution in [0.25, 0.3) is 0 Å². The normalized spacial score (nSPS) is 16.3. The molecule has 11 heavy (non-hydrogen) atoms. The van der Waals surface area contributed by atoms with Crippen molar-refractivity contribution in [2.24, 2.45) is 11.3 Å². The van der Waals surface area contributed by atoms with E-state index in [4.69, 9.17) is 4.89 Å². The second kappa shape index (κ2) is 4.15. The summed E-state index contributed by atoms with van der Waals surface area (Å²) in [5.41, 5.74) is 0.130. The lowest BCUT2D eigenvalue weighted by atomic mass is 9.83. The van der Waals surface area contributed by atoms with Crippen molar-refractivity contribution in [2.45, 2.75) is 27.7 Å². The van der Waals surface area contributed by atoms with Crippen LogP contribution in [0.4, 0.5) is 0 Å². The van der Waals surface area contributed by atoms with E-state index in [1.807, 2.05) is 6.92 Å². The summed E-state index contributed by atoms with van der Waals surface area (Å²) in [7, 11) is -2.43. The Kier molecular flexibility index (Phi) is 4.16. The Bertz CT molecular complexity index is 139. The molecule has 2 unspecified atom stereocenters. The minimum Gasteiger partial charge on any atom is -0.133 e. The molecule has 2 atom stereocenters. The van der Waals surface area contributed by atoms with Crippen molar-refractivity contribution in [3.05, 3.63) is 0 Å². The molecule has 0 bridgehead atoms. The van der Waals surface area contributed by atoms with Gasteiger partial charge in [-0.2, -0.15) is 0 Å². The fraction of sp³-hybridized carbons (Fsp3) is 1.00. The third-order valence-electron chi connectivity index (χ3n) is 1.91. The molecule has 0 amide bonds. The van der Waals surface area contributed by atoms with E-state index in [-0.39, 0.29) is 11.3 Å². The zero-order chi connectivity index (χ0) is 9.07. The first-order valence-corrected chi connectivity index (χ1v) is 4.76. The molecule has 0 aromatic heterocycles. The molecule has 0 aliphatic heterocycles. The molecule has 0 aromatic rings. The third kappa shape index (κ3) is 5.31. The predicted octanol–water partition coefficient (Wildman–Crippen LogP) is 2.33. The molecule has 0 aromatic carbocycles. The Labute approximate surface area is 68.7 Å². The van der Waals surface area contributed by atoms with Gasteiger partial charge in [0.15, 0.2) is 0 Å². The van der Waals surface area contributed by atoms with Crippen LogP contribution in [-0.2, 0) is 9.09 Å². The van der Waals surface area contributed by atoms with Gasteiger partial charge in [0.05, 0.1) is 0 Å². The summed E-state index contributed by atoms with van der Waals surface area (Å²) in [6.45, 7) is 8.57. The molecular formula is C7H16O3P+. The molecule has 0 heterocycles. The van der Waals surface area contributed by atoms with Gasteiger partial charge >= 0.3 is 8.25 Å². The highest BCUT2D eigenvalue weighted by atomic mass is 31.1. The molecule has 66 valence electrons. The van der Waals surface area contributed by atoms with Gasteiger partial charge in [-0.3, -0.25) is 0 Å². The molecule has 1 N–H and O–H groups in total. The van der Waals surface area contributed by atoms with Crippen LogP contribution < -0.4 is 0 Å². The van der Waals surface area contributed by atoms with E-state index in [0.717, 1.165) is 0 Å². The highest BCUT2D eigenvalue weighted by Crippen LogP contribution is 2.28. The maximum Gasteiger partial charge on any atom is 0.694 e. The van der Waals surface area contributed by atoms with Crippen LogP contribution in [0.15, 0.2) is 0 Å². The van der Waals surface area contributed by atoms with Gasteiger partial charge in [-0.15, -0.1) is 9.42 Å². The van der Waals surface area contributed by atoms with E-state index < -0.39 is 8.25 Å². The molecule has 4 heteroatoms. The van der Waals surface area contributed by atoms with Gasteiger partial charge in [0, 0.05) is 4.57 Å². The van der Waals surface area contributed by atoms with E-state index >= 15 is 0 Å². The fourth-order valence-corrected chi connectivity index (χ4v) is 0.777. The first-order chi connectivity index (χ1) is 4.84. The summed E-state index contributed by atoms with van der Waals surface area (Å²) in [4.78, 5) is 8.35. The molecule has 0 saturated carbocycles. The maximum atomic E-state index is 10.2. The quantitative estimate of drug-likeness (QED) is 0.676. The van der Waals surface area contributed by atoms with Gasteiger partial charge in [0.25, 0.3) is 0 Å². The second-order valence-electron chi connectivity index (χ2n) is 3.80. The Morgan fingerprint density at radius 3 is 2.27 bits per heavy atom. The van der Waals surface area contributed by atoms with Crippen molar-refractivity contribution in [3.8, 4) is 0 Å². The van der Waals surface area contributed by atoms with Crippen LogP contribution in [0.2, 0.25) is 0 Å². The van der Waals surface area contributed by atoms with Crippen LogP contribution in [-0.4, -0.2) is 11.5 Å². The number of hydrogen-bond donors (Lipinski definition) is 1. The van der Waals surface area contributed by atoms with Crippen molar-refractivity contribution in [1.29, 1.82) is 0 Å². The summed E-state index contributed by atoms with van der Waals surface area (Å²) in [6, 6.07) is 0. The first kappa shape index (κ1) is 11.0. The zero-order valence-corrected chi connectivity index (χ0v) is 8.39. The molecule has 0 aliphatic rings. The molecule has 0 spiro atoms. The third-order valence-corrected chi connectivity index (χ3v) is 2.28. The maximum absolute atomic E-state index is 10.2. The zero-order valence-electron chi connectivity index (χ0n) is 7.50. The molecular weight excluding hydrogens is 163 g/mol. The molecule has 0 rings (SSSR count). The van der Waals surface area contributed by atoms with E-state index in [2.05, 4.69) is 25.3 Å². The lowest BCUT2D eigenvalue weighted by Crippen LogP contribution is -2.21. The Balaban J connectivity index is 3.70. The van der Waals surface area contributed by atoms with Crippen LogP contribution in [0.3, 0.4) is 0 Å². The summed E-state index contributed by atoms with van der Waals surface area (Å²) in [5, 5.41) is 0. The molecule has 0 aliphatic carbocycles. The smallest absolute Gasteiger partial charge is 0.133 e. The van der Waals surface area contributed by atoms with Gasteiger partial charge < -0.3 is 0 Å². The van der Waals surface area contributed by atoms with Crippen LogP contribution in [0.5, 0.6) is 0 Å². The summed E-state index contributed by atoms with van der Waals surface area (Å²) < 4.78 is 14.8. The summed E-state index contributed by atoms with van der Waals surface area (Å²) in [6.07, 6.45) is 0. The largest absolute Gasteiger partial charge is 0.694 e. The van der Waals surface area contributed by atoms with E-state index in [1.165, 1.54) is 0 Å². The Hall–Kier alpha value is 0.0200. The average Bonchev–Trinajstić information content (AvgIpc) is 1.80. The van der Waals surface area contributed by atoms with Crippen LogP contribution >= 0.6 is 8.25 Å². The van der Waals surface area contributed by atoms with E-state index in [9.17, 15) is 4.57 Å². The highest BCUT2D eigenvalue weighted by Gasteiger charge is 2.24. The van der Waals surface area contributed by atoms with Crippen molar-refractivity contribution in [1.82, 2.24) is 0 Å². The standard InChI is InChI=1S/C7H15O3P/c1-6(7(2,3)4)5-10-11(8)9/h6H,5H2,1-4H3/p+1. The Morgan fingerprint density at radius 1 is 1.55 bits per heavy atom. The Morgan fingerprint density at radius 2 is 2.00 bits per heavy atom. The van der Waals surface area contributed by atoms with Crippen molar-refractivity contribution in [2.75, 3.05) is 6.61 Å². The minimum atomic E-state index is -2.43. The highest BCUT2D eigenvalue weighted by molar-refractivity contribution is 7.32. The molecule has 3 nitrogen and oxygen atoms in total. The monoisotopic (exact) mass is 179 g/mol. The van der Waals surface area contributed by atoms with Gasteiger partial charge in [0.1, 0.15) is 6.61 Å². The summed E-state index contributed by atoms with van der Waals surface area (Å²) in [5.74, 6) is 0.286. The molecule has 0 saturated heterocycles. The van der Waals surface area contributed by atoms with E-state index in [1.54, 1.807) is 0 Å². The molecule has 0 fully saturated rings. The van der Waals surface area contributed by atoms with Crippen LogP contribution in [0, 0.1) is 11.3 Å². The van der Waals surface area contributed by atoms with E-state index in [0.29, 0.717) is 6.61 Å². The lowest BCUT2D eigenvalue weighted by molar-refractivity contribution is 0.156. The molecule has 0 radical (unpaired) electrons. The van der Waals surface area contributed by atoms with Gasteiger partial charge in [0.2, 0.25) is 0 Å². The lowest BCUT2D eigenvalue weighted by Gasteiger charge is -2.24. The van der Waals surface area contributed by atoms with Crippen molar-refractivity contribution >= 4 is 8.25 Å². The number of rotatable bonds is 3. The summed E-state index contributed by atoms with van der Waals surface area (Å²) >= 11 is 0. The van der Waals surface area contributed by atoms with Crippen molar-refractivity contribution < 1.29 is 14.0 Å². The van der Waals surface area contributed by atoms with Gasteiger partial charge in [-0.1, -0.05) is 27.7 Å².